The van der Waals surface area contributed by atoms with Crippen LogP contribution in [0.15, 0.2) is 29.1 Å². The van der Waals surface area contributed by atoms with E-state index in [1.54, 1.807) is 19.2 Å². The predicted octanol–water partition coefficient (Wildman–Crippen LogP) is 1.52. The number of aromatic amines is 1. The normalized spacial score (nSPS) is 12.2. The standard InChI is InChI=1S/C21H31N3O5/c1-3-4-11-24(20(28)9-13-29-2)12-10-22-14-18(26)15-5-7-17(25)21-16(15)6-8-19(27)23-21/h5-8,18,22,25-26H,3-4,9-14H2,1-2H3,(H,23,27)/t18-/m0/s1. The predicted molar refractivity (Wildman–Crippen MR) is 112 cm³/mol. The van der Waals surface area contributed by atoms with Gasteiger partial charge in [-0.2, -0.15) is 0 Å². The molecule has 2 aromatic rings. The van der Waals surface area contributed by atoms with Crippen LogP contribution in [0.25, 0.3) is 10.9 Å². The molecule has 1 aromatic heterocycles. The molecule has 8 nitrogen and oxygen atoms in total. The number of methoxy groups -OCH3 is 1. The van der Waals surface area contributed by atoms with Gasteiger partial charge in [0, 0.05) is 44.7 Å². The molecule has 0 saturated heterocycles. The zero-order valence-corrected chi connectivity index (χ0v) is 17.1. The van der Waals surface area contributed by atoms with Crippen molar-refractivity contribution in [1.29, 1.82) is 0 Å². The van der Waals surface area contributed by atoms with Crippen LogP contribution in [0.4, 0.5) is 0 Å². The number of phenolic OH excluding ortho intramolecular Hbond substituents is 1. The van der Waals surface area contributed by atoms with Crippen LogP contribution in [0, 0.1) is 0 Å². The first-order valence-electron chi connectivity index (χ1n) is 9.98. The van der Waals surface area contributed by atoms with Crippen LogP contribution in [0.5, 0.6) is 5.75 Å². The van der Waals surface area contributed by atoms with Crippen LogP contribution < -0.4 is 10.9 Å². The van der Waals surface area contributed by atoms with Crippen LogP contribution in [-0.2, 0) is 9.53 Å². The van der Waals surface area contributed by atoms with Gasteiger partial charge in [0.05, 0.1) is 24.6 Å². The third-order valence-corrected chi connectivity index (χ3v) is 4.82. The van der Waals surface area contributed by atoms with Crippen molar-refractivity contribution < 1.29 is 19.7 Å². The lowest BCUT2D eigenvalue weighted by molar-refractivity contribution is -0.132. The summed E-state index contributed by atoms with van der Waals surface area (Å²) in [6, 6.07) is 6.05. The second-order valence-electron chi connectivity index (χ2n) is 6.98. The minimum absolute atomic E-state index is 0.0391. The topological polar surface area (TPSA) is 115 Å². The lowest BCUT2D eigenvalue weighted by atomic mass is 10.0. The highest BCUT2D eigenvalue weighted by molar-refractivity contribution is 5.87. The van der Waals surface area contributed by atoms with E-state index in [0.29, 0.717) is 49.1 Å². The quantitative estimate of drug-likeness (QED) is 0.398. The third-order valence-electron chi connectivity index (χ3n) is 4.82. The Morgan fingerprint density at radius 2 is 2.07 bits per heavy atom. The first kappa shape index (κ1) is 22.9. The average molecular weight is 405 g/mol. The van der Waals surface area contributed by atoms with E-state index in [1.807, 2.05) is 4.90 Å². The molecule has 0 spiro atoms. The summed E-state index contributed by atoms with van der Waals surface area (Å²) in [5.41, 5.74) is 0.604. The maximum absolute atomic E-state index is 12.3. The SMILES string of the molecule is CCCCN(CCNC[C@H](O)c1ccc(O)c2[nH]c(=O)ccc12)C(=O)CCOC. The number of unbranched alkanes of at least 4 members (excludes halogenated alkanes) is 1. The minimum Gasteiger partial charge on any atom is -0.506 e. The highest BCUT2D eigenvalue weighted by Gasteiger charge is 2.15. The number of rotatable bonds is 12. The van der Waals surface area contributed by atoms with E-state index in [-0.39, 0.29) is 23.8 Å². The molecule has 1 aromatic carbocycles. The highest BCUT2D eigenvalue weighted by atomic mass is 16.5. The van der Waals surface area contributed by atoms with Gasteiger partial charge in [0.1, 0.15) is 5.75 Å². The molecule has 0 aliphatic heterocycles. The molecule has 1 amide bonds. The summed E-state index contributed by atoms with van der Waals surface area (Å²) in [5, 5.41) is 24.3. The van der Waals surface area contributed by atoms with Gasteiger partial charge in [0.25, 0.3) is 0 Å². The molecule has 0 saturated carbocycles. The molecular weight excluding hydrogens is 374 g/mol. The van der Waals surface area contributed by atoms with E-state index in [4.69, 9.17) is 4.74 Å². The van der Waals surface area contributed by atoms with E-state index < -0.39 is 6.10 Å². The van der Waals surface area contributed by atoms with E-state index in [0.717, 1.165) is 12.8 Å². The van der Waals surface area contributed by atoms with Gasteiger partial charge < -0.3 is 30.2 Å². The number of hydrogen-bond donors (Lipinski definition) is 4. The van der Waals surface area contributed by atoms with Gasteiger partial charge in [-0.15, -0.1) is 0 Å². The molecule has 0 fully saturated rings. The van der Waals surface area contributed by atoms with Gasteiger partial charge in [-0.25, -0.2) is 0 Å². The van der Waals surface area contributed by atoms with E-state index in [9.17, 15) is 19.8 Å². The highest BCUT2D eigenvalue weighted by Crippen LogP contribution is 2.28. The number of aromatic hydroxyl groups is 1. The molecule has 160 valence electrons. The van der Waals surface area contributed by atoms with Gasteiger partial charge in [0.2, 0.25) is 11.5 Å². The molecule has 4 N–H and O–H groups in total. The lowest BCUT2D eigenvalue weighted by Gasteiger charge is -2.23. The number of aliphatic hydroxyl groups excluding tert-OH is 1. The molecule has 0 radical (unpaired) electrons. The Balaban J connectivity index is 1.94. The Hall–Kier alpha value is -2.42. The molecule has 1 atom stereocenters. The number of pyridine rings is 1. The number of carbonyl (C=O) groups excluding carboxylic acids is 1. The number of aromatic nitrogens is 1. The number of amides is 1. The van der Waals surface area contributed by atoms with Crippen LogP contribution >= 0.6 is 0 Å². The molecule has 0 bridgehead atoms. The van der Waals surface area contributed by atoms with Crippen LogP contribution in [0.2, 0.25) is 0 Å². The van der Waals surface area contributed by atoms with Crippen molar-refractivity contribution in [3.63, 3.8) is 0 Å². The van der Waals surface area contributed by atoms with E-state index >= 15 is 0 Å². The van der Waals surface area contributed by atoms with Crippen molar-refractivity contribution in [1.82, 2.24) is 15.2 Å². The number of fused-ring (bicyclic) bond motifs is 1. The Bertz CT molecular complexity index is 852. The number of nitrogens with zero attached hydrogens (tertiary/aromatic N) is 1. The number of benzene rings is 1. The maximum atomic E-state index is 12.3. The minimum atomic E-state index is -0.822. The fourth-order valence-electron chi connectivity index (χ4n) is 3.17. The van der Waals surface area contributed by atoms with Crippen molar-refractivity contribution in [2.45, 2.75) is 32.3 Å². The fourth-order valence-corrected chi connectivity index (χ4v) is 3.17. The summed E-state index contributed by atoms with van der Waals surface area (Å²) in [4.78, 5) is 28.2. The molecule has 0 aliphatic carbocycles. The van der Waals surface area contributed by atoms with Gasteiger partial charge in [-0.1, -0.05) is 19.4 Å². The van der Waals surface area contributed by atoms with E-state index in [2.05, 4.69) is 17.2 Å². The molecule has 0 aliphatic rings. The second-order valence-corrected chi connectivity index (χ2v) is 6.98. The second kappa shape index (κ2) is 11.5. The summed E-state index contributed by atoms with van der Waals surface area (Å²) >= 11 is 0. The largest absolute Gasteiger partial charge is 0.506 e. The van der Waals surface area contributed by atoms with Crippen LogP contribution in [0.1, 0.15) is 37.9 Å². The van der Waals surface area contributed by atoms with Crippen LogP contribution in [-0.4, -0.2) is 65.9 Å². The molecular formula is C21H31N3O5. The summed E-state index contributed by atoms with van der Waals surface area (Å²) < 4.78 is 4.99. The first-order valence-corrected chi connectivity index (χ1v) is 9.98. The van der Waals surface area contributed by atoms with Crippen molar-refractivity contribution in [2.24, 2.45) is 0 Å². The Morgan fingerprint density at radius 3 is 2.79 bits per heavy atom. The molecule has 1 heterocycles. The van der Waals surface area contributed by atoms with Gasteiger partial charge in [-0.3, -0.25) is 9.59 Å². The van der Waals surface area contributed by atoms with Gasteiger partial charge in [0.15, 0.2) is 0 Å². The van der Waals surface area contributed by atoms with Crippen molar-refractivity contribution >= 4 is 16.8 Å². The summed E-state index contributed by atoms with van der Waals surface area (Å²) in [7, 11) is 1.58. The summed E-state index contributed by atoms with van der Waals surface area (Å²) in [6.45, 7) is 4.59. The number of phenols is 1. The van der Waals surface area contributed by atoms with Crippen LogP contribution in [0.3, 0.4) is 0 Å². The molecule has 8 heteroatoms. The Labute approximate surface area is 170 Å². The van der Waals surface area contributed by atoms with E-state index in [1.165, 1.54) is 12.1 Å². The summed E-state index contributed by atoms with van der Waals surface area (Å²) in [5.74, 6) is 0.0267. The smallest absolute Gasteiger partial charge is 0.248 e. The van der Waals surface area contributed by atoms with Crippen molar-refractivity contribution in [3.8, 4) is 5.75 Å². The van der Waals surface area contributed by atoms with Crippen molar-refractivity contribution in [2.75, 3.05) is 39.9 Å². The molecule has 0 unspecified atom stereocenters. The van der Waals surface area contributed by atoms with Gasteiger partial charge in [-0.05, 0) is 24.1 Å². The van der Waals surface area contributed by atoms with Gasteiger partial charge >= 0.3 is 0 Å². The number of H-pyrrole nitrogens is 1. The maximum Gasteiger partial charge on any atom is 0.248 e. The third kappa shape index (κ3) is 6.56. The first-order chi connectivity index (χ1) is 14.0. The summed E-state index contributed by atoms with van der Waals surface area (Å²) in [6.07, 6.45) is 1.49. The zero-order valence-electron chi connectivity index (χ0n) is 17.1. The zero-order chi connectivity index (χ0) is 21.2. The Morgan fingerprint density at radius 1 is 1.28 bits per heavy atom. The van der Waals surface area contributed by atoms with Crippen molar-refractivity contribution in [3.05, 3.63) is 40.2 Å². The molecule has 29 heavy (non-hydrogen) atoms. The molecule has 2 rings (SSSR count). The monoisotopic (exact) mass is 405 g/mol. The Kier molecular flexibility index (Phi) is 9.11. The number of hydrogen-bond acceptors (Lipinski definition) is 6. The number of ether oxygens (including phenoxy) is 1. The average Bonchev–Trinajstić information content (AvgIpc) is 2.71. The lowest BCUT2D eigenvalue weighted by Crippen LogP contribution is -2.38. The number of aliphatic hydroxyl groups is 1. The number of nitrogens with one attached hydrogen (secondary N) is 2. The fraction of sp³-hybridized carbons (Fsp3) is 0.524. The number of carbonyl (C=O) groups is 1.